The Labute approximate surface area is 178 Å². The minimum atomic E-state index is -4.41. The SMILES string of the molecule is CCNC(=O)c1coc(CN(Cc2cccc(C(F)(F)F)c2)[C@H](C)c2ccccc2)n1. The van der Waals surface area contributed by atoms with Crippen molar-refractivity contribution in [2.75, 3.05) is 6.54 Å². The molecule has 1 amide bonds. The van der Waals surface area contributed by atoms with Gasteiger partial charge in [-0.25, -0.2) is 4.98 Å². The van der Waals surface area contributed by atoms with E-state index in [2.05, 4.69) is 10.3 Å². The molecule has 0 radical (unpaired) electrons. The second kappa shape index (κ2) is 9.78. The summed E-state index contributed by atoms with van der Waals surface area (Å²) in [5.74, 6) is -0.0194. The molecule has 1 aromatic heterocycles. The Hall–Kier alpha value is -3.13. The lowest BCUT2D eigenvalue weighted by atomic mass is 10.0. The molecular weight excluding hydrogens is 407 g/mol. The molecule has 0 aliphatic heterocycles. The first-order chi connectivity index (χ1) is 14.8. The van der Waals surface area contributed by atoms with Crippen LogP contribution in [-0.2, 0) is 19.3 Å². The molecule has 0 saturated heterocycles. The van der Waals surface area contributed by atoms with Crippen LogP contribution in [0.4, 0.5) is 13.2 Å². The van der Waals surface area contributed by atoms with Gasteiger partial charge in [0.15, 0.2) is 5.69 Å². The lowest BCUT2D eigenvalue weighted by molar-refractivity contribution is -0.137. The number of aromatic nitrogens is 1. The number of halogens is 3. The summed E-state index contributed by atoms with van der Waals surface area (Å²) >= 11 is 0. The summed E-state index contributed by atoms with van der Waals surface area (Å²) in [6, 6.07) is 14.8. The van der Waals surface area contributed by atoms with Gasteiger partial charge in [-0.1, -0.05) is 48.5 Å². The maximum absolute atomic E-state index is 13.1. The molecule has 0 aliphatic rings. The molecule has 3 aromatic rings. The highest BCUT2D eigenvalue weighted by Gasteiger charge is 2.30. The number of rotatable bonds is 8. The number of hydrogen-bond donors (Lipinski definition) is 1. The van der Waals surface area contributed by atoms with Crippen molar-refractivity contribution in [3.63, 3.8) is 0 Å². The van der Waals surface area contributed by atoms with E-state index in [-0.39, 0.29) is 30.7 Å². The lowest BCUT2D eigenvalue weighted by Crippen LogP contribution is -2.27. The summed E-state index contributed by atoms with van der Waals surface area (Å²) in [5, 5.41) is 2.66. The molecule has 8 heteroatoms. The number of oxazole rings is 1. The van der Waals surface area contributed by atoms with Gasteiger partial charge in [-0.15, -0.1) is 0 Å². The van der Waals surface area contributed by atoms with E-state index >= 15 is 0 Å². The van der Waals surface area contributed by atoms with Gasteiger partial charge in [0.1, 0.15) is 6.26 Å². The lowest BCUT2D eigenvalue weighted by Gasteiger charge is -2.28. The summed E-state index contributed by atoms with van der Waals surface area (Å²) in [6.07, 6.45) is -3.12. The summed E-state index contributed by atoms with van der Waals surface area (Å²) in [4.78, 5) is 18.2. The maximum atomic E-state index is 13.1. The molecule has 0 saturated carbocycles. The Bertz CT molecular complexity index is 1000. The van der Waals surface area contributed by atoms with E-state index in [9.17, 15) is 18.0 Å². The smallest absolute Gasteiger partial charge is 0.416 e. The first-order valence-corrected chi connectivity index (χ1v) is 9.95. The van der Waals surface area contributed by atoms with Crippen molar-refractivity contribution < 1.29 is 22.4 Å². The molecule has 3 rings (SSSR count). The van der Waals surface area contributed by atoms with E-state index in [4.69, 9.17) is 4.42 Å². The fourth-order valence-corrected chi connectivity index (χ4v) is 3.27. The fraction of sp³-hybridized carbons (Fsp3) is 0.304. The van der Waals surface area contributed by atoms with Crippen LogP contribution in [0.25, 0.3) is 0 Å². The quantitative estimate of drug-likeness (QED) is 0.532. The molecule has 0 aliphatic carbocycles. The predicted octanol–water partition coefficient (Wildman–Crippen LogP) is 5.21. The van der Waals surface area contributed by atoms with Crippen LogP contribution in [0, 0.1) is 0 Å². The van der Waals surface area contributed by atoms with Crippen molar-refractivity contribution in [2.45, 2.75) is 39.2 Å². The van der Waals surface area contributed by atoms with Crippen LogP contribution >= 0.6 is 0 Å². The molecule has 1 heterocycles. The van der Waals surface area contributed by atoms with Crippen LogP contribution in [0.3, 0.4) is 0 Å². The number of carbonyl (C=O) groups is 1. The van der Waals surface area contributed by atoms with Gasteiger partial charge < -0.3 is 9.73 Å². The fourth-order valence-electron chi connectivity index (χ4n) is 3.27. The third-order valence-corrected chi connectivity index (χ3v) is 4.93. The Kier molecular flexibility index (Phi) is 7.12. The minimum absolute atomic E-state index is 0.129. The van der Waals surface area contributed by atoms with E-state index in [1.165, 1.54) is 12.3 Å². The Balaban J connectivity index is 1.86. The Morgan fingerprint density at radius 1 is 1.13 bits per heavy atom. The van der Waals surface area contributed by atoms with Crippen molar-refractivity contribution in [2.24, 2.45) is 0 Å². The highest BCUT2D eigenvalue weighted by molar-refractivity contribution is 5.91. The molecule has 31 heavy (non-hydrogen) atoms. The van der Waals surface area contributed by atoms with Crippen molar-refractivity contribution >= 4 is 5.91 Å². The van der Waals surface area contributed by atoms with Gasteiger partial charge in [-0.3, -0.25) is 9.69 Å². The zero-order valence-electron chi connectivity index (χ0n) is 17.3. The highest BCUT2D eigenvalue weighted by Crippen LogP contribution is 2.31. The topological polar surface area (TPSA) is 58.4 Å². The van der Waals surface area contributed by atoms with Crippen LogP contribution in [0.5, 0.6) is 0 Å². The van der Waals surface area contributed by atoms with E-state index in [0.717, 1.165) is 17.7 Å². The Morgan fingerprint density at radius 3 is 2.55 bits per heavy atom. The van der Waals surface area contributed by atoms with Crippen molar-refractivity contribution in [1.29, 1.82) is 0 Å². The van der Waals surface area contributed by atoms with Gasteiger partial charge in [0.05, 0.1) is 12.1 Å². The second-order valence-corrected chi connectivity index (χ2v) is 7.18. The molecule has 0 spiro atoms. The molecule has 5 nitrogen and oxygen atoms in total. The van der Waals surface area contributed by atoms with Gasteiger partial charge in [-0.2, -0.15) is 13.2 Å². The van der Waals surface area contributed by atoms with Gasteiger partial charge in [-0.05, 0) is 31.0 Å². The number of carbonyl (C=O) groups excluding carboxylic acids is 1. The largest absolute Gasteiger partial charge is 0.447 e. The predicted molar refractivity (Wildman–Crippen MR) is 110 cm³/mol. The first-order valence-electron chi connectivity index (χ1n) is 9.95. The van der Waals surface area contributed by atoms with E-state index < -0.39 is 11.7 Å². The Morgan fingerprint density at radius 2 is 1.87 bits per heavy atom. The van der Waals surface area contributed by atoms with Crippen LogP contribution < -0.4 is 5.32 Å². The number of alkyl halides is 3. The maximum Gasteiger partial charge on any atom is 0.416 e. The van der Waals surface area contributed by atoms with Crippen molar-refractivity contribution in [3.8, 4) is 0 Å². The van der Waals surface area contributed by atoms with Gasteiger partial charge >= 0.3 is 6.18 Å². The average Bonchev–Trinajstić information content (AvgIpc) is 3.22. The summed E-state index contributed by atoms with van der Waals surface area (Å²) in [5.41, 5.74) is 1.01. The number of amides is 1. The number of benzene rings is 2. The standard InChI is InChI=1S/C23H24F3N3O2/c1-3-27-22(30)20-15-31-21(28-20)14-29(16(2)18-9-5-4-6-10-18)13-17-8-7-11-19(12-17)23(24,25)26/h4-12,15-16H,3,13-14H2,1-2H3,(H,27,30)/t16-/m1/s1. The molecule has 0 fully saturated rings. The molecule has 0 unspecified atom stereocenters. The summed E-state index contributed by atoms with van der Waals surface area (Å²) in [6.45, 7) is 4.71. The number of nitrogens with zero attached hydrogens (tertiary/aromatic N) is 2. The molecule has 2 aromatic carbocycles. The summed E-state index contributed by atoms with van der Waals surface area (Å²) in [7, 11) is 0. The van der Waals surface area contributed by atoms with Crippen LogP contribution in [0.15, 0.2) is 65.3 Å². The van der Waals surface area contributed by atoms with Crippen LogP contribution in [-0.4, -0.2) is 22.3 Å². The van der Waals surface area contributed by atoms with Crippen molar-refractivity contribution in [1.82, 2.24) is 15.2 Å². The van der Waals surface area contributed by atoms with Gasteiger partial charge in [0.2, 0.25) is 5.89 Å². The molecule has 164 valence electrons. The first kappa shape index (κ1) is 22.6. The van der Waals surface area contributed by atoms with Crippen molar-refractivity contribution in [3.05, 3.63) is 89.1 Å². The summed E-state index contributed by atoms with van der Waals surface area (Å²) < 4.78 is 44.9. The number of hydrogen-bond acceptors (Lipinski definition) is 4. The second-order valence-electron chi connectivity index (χ2n) is 7.18. The van der Waals surface area contributed by atoms with Crippen LogP contribution in [0.2, 0.25) is 0 Å². The monoisotopic (exact) mass is 431 g/mol. The van der Waals surface area contributed by atoms with E-state index in [0.29, 0.717) is 18.0 Å². The van der Waals surface area contributed by atoms with Gasteiger partial charge in [0, 0.05) is 19.1 Å². The normalized spacial score (nSPS) is 12.7. The van der Waals surface area contributed by atoms with E-state index in [1.807, 2.05) is 42.2 Å². The third-order valence-electron chi connectivity index (χ3n) is 4.93. The van der Waals surface area contributed by atoms with E-state index in [1.54, 1.807) is 13.0 Å². The minimum Gasteiger partial charge on any atom is -0.447 e. The number of nitrogens with one attached hydrogen (secondary N) is 1. The molecule has 0 bridgehead atoms. The average molecular weight is 431 g/mol. The molecule has 1 atom stereocenters. The molecule has 1 N–H and O–H groups in total. The zero-order valence-corrected chi connectivity index (χ0v) is 17.3. The molecular formula is C23H24F3N3O2. The van der Waals surface area contributed by atoms with Crippen LogP contribution in [0.1, 0.15) is 53.0 Å². The van der Waals surface area contributed by atoms with Gasteiger partial charge in [0.25, 0.3) is 5.91 Å². The third kappa shape index (κ3) is 5.95. The zero-order chi connectivity index (χ0) is 22.4. The highest BCUT2D eigenvalue weighted by atomic mass is 19.4.